The van der Waals surface area contributed by atoms with Crippen LogP contribution in [0.2, 0.25) is 0 Å². The van der Waals surface area contributed by atoms with Gasteiger partial charge in [-0.2, -0.15) is 5.11 Å². The number of hydrogen-bond acceptors (Lipinski definition) is 7. The van der Waals surface area contributed by atoms with E-state index in [2.05, 4.69) is 15.5 Å². The second-order valence-electron chi connectivity index (χ2n) is 4.72. The van der Waals surface area contributed by atoms with E-state index in [4.69, 9.17) is 19.3 Å². The van der Waals surface area contributed by atoms with E-state index in [-0.39, 0.29) is 17.1 Å². The molecule has 0 atom stereocenters. The lowest BCUT2D eigenvalue weighted by Crippen LogP contribution is -2.07. The Morgan fingerprint density at radius 1 is 1.00 bits per heavy atom. The summed E-state index contributed by atoms with van der Waals surface area (Å²) in [5.41, 5.74) is 0.737. The van der Waals surface area contributed by atoms with E-state index < -0.39 is 6.09 Å². The molecule has 0 fully saturated rings. The van der Waals surface area contributed by atoms with E-state index in [0.717, 1.165) is 0 Å². The molecule has 0 aromatic heterocycles. The lowest BCUT2D eigenvalue weighted by Gasteiger charge is -2.12. The molecular weight excluding hydrogens is 330 g/mol. The van der Waals surface area contributed by atoms with Gasteiger partial charge in [-0.3, -0.25) is 5.32 Å². The minimum Gasteiger partial charge on any atom is -0.508 e. The van der Waals surface area contributed by atoms with E-state index in [9.17, 15) is 9.90 Å². The summed E-state index contributed by atoms with van der Waals surface area (Å²) in [5.74, 6) is 1.13. The summed E-state index contributed by atoms with van der Waals surface area (Å²) >= 11 is 0. The van der Waals surface area contributed by atoms with Crippen molar-refractivity contribution in [2.75, 3.05) is 26.6 Å². The second kappa shape index (κ2) is 7.86. The fourth-order valence-electron chi connectivity index (χ4n) is 2.06. The summed E-state index contributed by atoms with van der Waals surface area (Å²) in [6, 6.07) is 7.22. The highest BCUT2D eigenvalue weighted by Crippen LogP contribution is 2.41. The van der Waals surface area contributed by atoms with Crippen LogP contribution in [0.3, 0.4) is 0 Å². The van der Waals surface area contributed by atoms with Crippen molar-refractivity contribution in [1.82, 2.24) is 0 Å². The van der Waals surface area contributed by atoms with Crippen LogP contribution in [0.5, 0.6) is 23.0 Å². The molecule has 0 saturated carbocycles. The van der Waals surface area contributed by atoms with Crippen LogP contribution < -0.4 is 19.5 Å². The number of phenolic OH excluding ortho intramolecular Hbond substituents is 1. The van der Waals surface area contributed by atoms with Gasteiger partial charge in [0.15, 0.2) is 11.5 Å². The maximum atomic E-state index is 10.8. The first kappa shape index (κ1) is 17.9. The molecular formula is C16H17N3O6. The first-order valence-corrected chi connectivity index (χ1v) is 7.03. The fourth-order valence-corrected chi connectivity index (χ4v) is 2.06. The van der Waals surface area contributed by atoms with Gasteiger partial charge in [-0.05, 0) is 12.1 Å². The Morgan fingerprint density at radius 2 is 1.64 bits per heavy atom. The Kier molecular flexibility index (Phi) is 5.62. The molecule has 2 aromatic carbocycles. The number of hydrogen-bond donors (Lipinski definition) is 3. The summed E-state index contributed by atoms with van der Waals surface area (Å²) in [4.78, 5) is 10.8. The highest BCUT2D eigenvalue weighted by atomic mass is 16.5. The van der Waals surface area contributed by atoms with Crippen LogP contribution in [-0.2, 0) is 0 Å². The highest BCUT2D eigenvalue weighted by Gasteiger charge is 2.13. The van der Waals surface area contributed by atoms with Crippen molar-refractivity contribution in [3.63, 3.8) is 0 Å². The number of ether oxygens (including phenoxy) is 3. The van der Waals surface area contributed by atoms with Crippen LogP contribution in [0.15, 0.2) is 40.6 Å². The van der Waals surface area contributed by atoms with Crippen molar-refractivity contribution < 1.29 is 29.2 Å². The molecule has 2 aromatic rings. The Bertz CT molecular complexity index is 781. The molecule has 2 rings (SSSR count). The average molecular weight is 347 g/mol. The normalized spacial score (nSPS) is 10.5. The molecule has 0 radical (unpaired) electrons. The predicted molar refractivity (Wildman–Crippen MR) is 90.0 cm³/mol. The Hall–Kier alpha value is -3.49. The number of benzene rings is 2. The number of aromatic hydroxyl groups is 1. The summed E-state index contributed by atoms with van der Waals surface area (Å²) in [5, 5.41) is 28.5. The molecule has 0 spiro atoms. The van der Waals surface area contributed by atoms with Crippen molar-refractivity contribution in [1.29, 1.82) is 0 Å². The molecule has 25 heavy (non-hydrogen) atoms. The zero-order chi connectivity index (χ0) is 18.4. The average Bonchev–Trinajstić information content (AvgIpc) is 2.59. The molecule has 9 nitrogen and oxygen atoms in total. The largest absolute Gasteiger partial charge is 0.508 e. The first-order valence-electron chi connectivity index (χ1n) is 7.03. The van der Waals surface area contributed by atoms with E-state index in [1.54, 1.807) is 12.1 Å². The monoisotopic (exact) mass is 347 g/mol. The van der Waals surface area contributed by atoms with Crippen molar-refractivity contribution in [3.8, 4) is 23.0 Å². The third-order valence-corrected chi connectivity index (χ3v) is 3.14. The summed E-state index contributed by atoms with van der Waals surface area (Å²) < 4.78 is 15.7. The van der Waals surface area contributed by atoms with Crippen LogP contribution in [0.4, 0.5) is 21.9 Å². The van der Waals surface area contributed by atoms with Crippen LogP contribution in [-0.4, -0.2) is 37.6 Å². The molecule has 0 heterocycles. The molecule has 132 valence electrons. The Balaban J connectivity index is 2.41. The van der Waals surface area contributed by atoms with Crippen LogP contribution in [0, 0.1) is 0 Å². The lowest BCUT2D eigenvalue weighted by atomic mass is 10.2. The van der Waals surface area contributed by atoms with Gasteiger partial charge in [0.1, 0.15) is 11.4 Å². The van der Waals surface area contributed by atoms with Gasteiger partial charge in [0.2, 0.25) is 5.75 Å². The van der Waals surface area contributed by atoms with Gasteiger partial charge >= 0.3 is 6.09 Å². The third kappa shape index (κ3) is 4.28. The zero-order valence-corrected chi connectivity index (χ0v) is 13.8. The number of amides is 1. The van der Waals surface area contributed by atoms with Crippen LogP contribution in [0.1, 0.15) is 0 Å². The van der Waals surface area contributed by atoms with Crippen molar-refractivity contribution in [3.05, 3.63) is 30.3 Å². The molecule has 3 N–H and O–H groups in total. The smallest absolute Gasteiger partial charge is 0.409 e. The van der Waals surface area contributed by atoms with Gasteiger partial charge in [0, 0.05) is 18.2 Å². The zero-order valence-electron chi connectivity index (χ0n) is 13.8. The summed E-state index contributed by atoms with van der Waals surface area (Å²) in [7, 11) is 4.45. The number of methoxy groups -OCH3 is 3. The molecule has 0 saturated heterocycles. The third-order valence-electron chi connectivity index (χ3n) is 3.14. The molecule has 0 unspecified atom stereocenters. The summed E-state index contributed by atoms with van der Waals surface area (Å²) in [6.07, 6.45) is -1.28. The van der Waals surface area contributed by atoms with Gasteiger partial charge in [-0.15, -0.1) is 5.11 Å². The SMILES string of the molecule is COc1cc(/N=N/c2ccc(O)cc2NC(=O)O)cc(OC)c1OC. The number of phenols is 1. The first-order chi connectivity index (χ1) is 12.0. The minimum absolute atomic E-state index is 0.101. The maximum Gasteiger partial charge on any atom is 0.409 e. The van der Waals surface area contributed by atoms with Crippen molar-refractivity contribution in [2.45, 2.75) is 0 Å². The molecule has 0 aliphatic carbocycles. The number of rotatable bonds is 6. The minimum atomic E-state index is -1.28. The molecule has 0 aliphatic heterocycles. The number of nitrogens with one attached hydrogen (secondary N) is 1. The van der Waals surface area contributed by atoms with Crippen molar-refractivity contribution >= 4 is 23.2 Å². The van der Waals surface area contributed by atoms with E-state index in [0.29, 0.717) is 22.9 Å². The van der Waals surface area contributed by atoms with Gasteiger partial charge in [0.25, 0.3) is 0 Å². The Labute approximate surface area is 143 Å². The maximum absolute atomic E-state index is 10.8. The second-order valence-corrected chi connectivity index (χ2v) is 4.72. The summed E-state index contributed by atoms with van der Waals surface area (Å²) in [6.45, 7) is 0. The van der Waals surface area contributed by atoms with E-state index >= 15 is 0 Å². The lowest BCUT2D eigenvalue weighted by molar-refractivity contribution is 0.210. The van der Waals surface area contributed by atoms with Crippen molar-refractivity contribution in [2.24, 2.45) is 10.2 Å². The van der Waals surface area contributed by atoms with Crippen LogP contribution >= 0.6 is 0 Å². The number of carbonyl (C=O) groups is 1. The standard InChI is InChI=1S/C16H17N3O6/c1-23-13-6-9(7-14(24-2)15(13)25-3)18-19-11-5-4-10(20)8-12(11)17-16(21)22/h4-8,17,20H,1-3H3,(H,21,22)/b19-18+. The molecule has 0 bridgehead atoms. The number of azo groups is 1. The molecule has 1 amide bonds. The van der Waals surface area contributed by atoms with E-state index in [1.807, 2.05) is 0 Å². The van der Waals surface area contributed by atoms with Crippen LogP contribution in [0.25, 0.3) is 0 Å². The topological polar surface area (TPSA) is 122 Å². The quantitative estimate of drug-likeness (QED) is 0.681. The number of anilines is 1. The molecule has 0 aliphatic rings. The fraction of sp³-hybridized carbons (Fsp3) is 0.188. The van der Waals surface area contributed by atoms with E-state index in [1.165, 1.54) is 39.5 Å². The van der Waals surface area contributed by atoms with Gasteiger partial charge < -0.3 is 24.4 Å². The van der Waals surface area contributed by atoms with Gasteiger partial charge in [-0.1, -0.05) is 0 Å². The predicted octanol–water partition coefficient (Wildman–Crippen LogP) is 3.92. The Morgan fingerprint density at radius 3 is 2.16 bits per heavy atom. The number of nitrogens with zero attached hydrogens (tertiary/aromatic N) is 2. The number of carboxylic acid groups (broad SMARTS) is 1. The van der Waals surface area contributed by atoms with Gasteiger partial charge in [-0.25, -0.2) is 4.79 Å². The van der Waals surface area contributed by atoms with Gasteiger partial charge in [0.05, 0.1) is 32.7 Å². The highest BCUT2D eigenvalue weighted by molar-refractivity contribution is 5.87. The molecule has 9 heteroatoms.